The summed E-state index contributed by atoms with van der Waals surface area (Å²) in [6.45, 7) is 5.61. The SMILES string of the molecule is CCNC(C)CC1CCSCC1. The summed E-state index contributed by atoms with van der Waals surface area (Å²) in [7, 11) is 0. The van der Waals surface area contributed by atoms with Crippen LogP contribution in [0.5, 0.6) is 0 Å². The van der Waals surface area contributed by atoms with Gasteiger partial charge in [-0.25, -0.2) is 0 Å². The van der Waals surface area contributed by atoms with Crippen molar-refractivity contribution in [2.24, 2.45) is 5.92 Å². The molecule has 1 N–H and O–H groups in total. The molecule has 1 unspecified atom stereocenters. The lowest BCUT2D eigenvalue weighted by Crippen LogP contribution is -2.29. The van der Waals surface area contributed by atoms with Crippen molar-refractivity contribution in [1.82, 2.24) is 5.32 Å². The highest BCUT2D eigenvalue weighted by Gasteiger charge is 2.15. The first-order valence-electron chi connectivity index (χ1n) is 5.14. The number of nitrogens with one attached hydrogen (secondary N) is 1. The van der Waals surface area contributed by atoms with Gasteiger partial charge < -0.3 is 5.32 Å². The van der Waals surface area contributed by atoms with E-state index in [1.54, 1.807) is 0 Å². The van der Waals surface area contributed by atoms with Gasteiger partial charge in [-0.15, -0.1) is 0 Å². The molecule has 0 aliphatic carbocycles. The fourth-order valence-corrected chi connectivity index (χ4v) is 3.12. The van der Waals surface area contributed by atoms with Gasteiger partial charge in [0.15, 0.2) is 0 Å². The van der Waals surface area contributed by atoms with E-state index in [1.165, 1.54) is 30.8 Å². The van der Waals surface area contributed by atoms with Gasteiger partial charge in [0.1, 0.15) is 0 Å². The number of rotatable bonds is 4. The van der Waals surface area contributed by atoms with E-state index >= 15 is 0 Å². The lowest BCUT2D eigenvalue weighted by molar-refractivity contribution is 0.384. The van der Waals surface area contributed by atoms with Crippen LogP contribution in [0.15, 0.2) is 0 Å². The molecule has 0 spiro atoms. The molecule has 0 bridgehead atoms. The van der Waals surface area contributed by atoms with Crippen molar-refractivity contribution in [3.8, 4) is 0 Å². The van der Waals surface area contributed by atoms with Gasteiger partial charge in [-0.3, -0.25) is 0 Å². The number of thioether (sulfide) groups is 1. The van der Waals surface area contributed by atoms with Gasteiger partial charge in [0.2, 0.25) is 0 Å². The molecule has 0 saturated carbocycles. The Labute approximate surface area is 80.7 Å². The zero-order valence-electron chi connectivity index (χ0n) is 8.31. The fraction of sp³-hybridized carbons (Fsp3) is 1.00. The topological polar surface area (TPSA) is 12.0 Å². The van der Waals surface area contributed by atoms with Gasteiger partial charge in [-0.1, -0.05) is 6.92 Å². The summed E-state index contributed by atoms with van der Waals surface area (Å²) < 4.78 is 0. The van der Waals surface area contributed by atoms with Crippen LogP contribution < -0.4 is 5.32 Å². The maximum Gasteiger partial charge on any atom is 0.00412 e. The van der Waals surface area contributed by atoms with Gasteiger partial charge >= 0.3 is 0 Å². The summed E-state index contributed by atoms with van der Waals surface area (Å²) in [5.41, 5.74) is 0. The van der Waals surface area contributed by atoms with E-state index < -0.39 is 0 Å². The van der Waals surface area contributed by atoms with Gasteiger partial charge in [0.25, 0.3) is 0 Å². The molecule has 0 aromatic heterocycles. The van der Waals surface area contributed by atoms with E-state index in [1.807, 2.05) is 0 Å². The second kappa shape index (κ2) is 5.87. The molecule has 72 valence electrons. The zero-order valence-corrected chi connectivity index (χ0v) is 9.12. The molecule has 0 radical (unpaired) electrons. The van der Waals surface area contributed by atoms with E-state index in [4.69, 9.17) is 0 Å². The molecule has 1 atom stereocenters. The smallest absolute Gasteiger partial charge is 0.00412 e. The largest absolute Gasteiger partial charge is 0.315 e. The second-order valence-corrected chi connectivity index (χ2v) is 4.97. The third kappa shape index (κ3) is 3.81. The third-order valence-corrected chi connectivity index (χ3v) is 3.63. The van der Waals surface area contributed by atoms with E-state index in [-0.39, 0.29) is 0 Å². The van der Waals surface area contributed by atoms with Crippen LogP contribution in [0.1, 0.15) is 33.1 Å². The fourth-order valence-electron chi connectivity index (χ4n) is 1.91. The van der Waals surface area contributed by atoms with E-state index in [2.05, 4.69) is 30.9 Å². The molecule has 1 saturated heterocycles. The normalized spacial score (nSPS) is 22.5. The molecular formula is C10H21NS. The zero-order chi connectivity index (χ0) is 8.81. The molecule has 2 heteroatoms. The summed E-state index contributed by atoms with van der Waals surface area (Å²) in [5.74, 6) is 3.79. The minimum Gasteiger partial charge on any atom is -0.315 e. The predicted molar refractivity (Wildman–Crippen MR) is 57.8 cm³/mol. The van der Waals surface area contributed by atoms with E-state index in [9.17, 15) is 0 Å². The van der Waals surface area contributed by atoms with Crippen LogP contribution in [0.3, 0.4) is 0 Å². The first-order valence-corrected chi connectivity index (χ1v) is 6.29. The van der Waals surface area contributed by atoms with Gasteiger partial charge in [0, 0.05) is 6.04 Å². The Hall–Kier alpha value is 0.310. The maximum atomic E-state index is 3.49. The number of hydrogen-bond acceptors (Lipinski definition) is 2. The van der Waals surface area contributed by atoms with Crippen molar-refractivity contribution in [3.63, 3.8) is 0 Å². The lowest BCUT2D eigenvalue weighted by atomic mass is 9.95. The Morgan fingerprint density at radius 3 is 2.67 bits per heavy atom. The highest BCUT2D eigenvalue weighted by atomic mass is 32.2. The maximum absolute atomic E-state index is 3.49. The molecule has 0 aromatic carbocycles. The minimum absolute atomic E-state index is 0.725. The van der Waals surface area contributed by atoms with Crippen molar-refractivity contribution >= 4 is 11.8 Å². The molecule has 0 aromatic rings. The van der Waals surface area contributed by atoms with Gasteiger partial charge in [-0.05, 0) is 50.2 Å². The molecule has 1 heterocycles. The quantitative estimate of drug-likeness (QED) is 0.726. The van der Waals surface area contributed by atoms with Crippen LogP contribution in [-0.4, -0.2) is 24.1 Å². The van der Waals surface area contributed by atoms with Crippen molar-refractivity contribution in [1.29, 1.82) is 0 Å². The molecule has 1 aliphatic heterocycles. The van der Waals surface area contributed by atoms with E-state index in [0.717, 1.165) is 18.5 Å². The molecule has 12 heavy (non-hydrogen) atoms. The Kier molecular flexibility index (Phi) is 5.08. The van der Waals surface area contributed by atoms with Crippen LogP contribution in [0, 0.1) is 5.92 Å². The van der Waals surface area contributed by atoms with Crippen LogP contribution in [-0.2, 0) is 0 Å². The highest BCUT2D eigenvalue weighted by molar-refractivity contribution is 7.99. The highest BCUT2D eigenvalue weighted by Crippen LogP contribution is 2.26. The lowest BCUT2D eigenvalue weighted by Gasteiger charge is -2.24. The van der Waals surface area contributed by atoms with Gasteiger partial charge in [-0.2, -0.15) is 11.8 Å². The Morgan fingerprint density at radius 2 is 2.08 bits per heavy atom. The van der Waals surface area contributed by atoms with Crippen molar-refractivity contribution < 1.29 is 0 Å². The van der Waals surface area contributed by atoms with Crippen molar-refractivity contribution in [2.45, 2.75) is 39.2 Å². The van der Waals surface area contributed by atoms with Crippen LogP contribution in [0.2, 0.25) is 0 Å². The predicted octanol–water partition coefficient (Wildman–Crippen LogP) is 2.52. The van der Waals surface area contributed by atoms with Crippen LogP contribution in [0.25, 0.3) is 0 Å². The van der Waals surface area contributed by atoms with Crippen molar-refractivity contribution in [3.05, 3.63) is 0 Å². The van der Waals surface area contributed by atoms with Gasteiger partial charge in [0.05, 0.1) is 0 Å². The molecule has 1 nitrogen and oxygen atoms in total. The molecule has 0 amide bonds. The molecule has 1 aliphatic rings. The summed E-state index contributed by atoms with van der Waals surface area (Å²) in [4.78, 5) is 0. The summed E-state index contributed by atoms with van der Waals surface area (Å²) >= 11 is 2.12. The summed E-state index contributed by atoms with van der Waals surface area (Å²) in [5, 5.41) is 3.49. The Balaban J connectivity index is 2.11. The minimum atomic E-state index is 0.725. The van der Waals surface area contributed by atoms with Crippen LogP contribution >= 0.6 is 11.8 Å². The average Bonchev–Trinajstić information content (AvgIpc) is 2.06. The first kappa shape index (κ1) is 10.4. The van der Waals surface area contributed by atoms with Crippen molar-refractivity contribution in [2.75, 3.05) is 18.1 Å². The third-order valence-electron chi connectivity index (χ3n) is 2.58. The number of hydrogen-bond donors (Lipinski definition) is 1. The second-order valence-electron chi connectivity index (χ2n) is 3.75. The standard InChI is InChI=1S/C10H21NS/c1-3-11-9(2)8-10-4-6-12-7-5-10/h9-11H,3-8H2,1-2H3. The summed E-state index contributed by atoms with van der Waals surface area (Å²) in [6.07, 6.45) is 4.27. The molecular weight excluding hydrogens is 166 g/mol. The van der Waals surface area contributed by atoms with Crippen LogP contribution in [0.4, 0.5) is 0 Å². The summed E-state index contributed by atoms with van der Waals surface area (Å²) in [6, 6.07) is 0.725. The first-order chi connectivity index (χ1) is 5.83. The Bertz CT molecular complexity index is 110. The molecule has 1 rings (SSSR count). The Morgan fingerprint density at radius 1 is 1.42 bits per heavy atom. The monoisotopic (exact) mass is 187 g/mol. The average molecular weight is 187 g/mol. The molecule has 1 fully saturated rings. The van der Waals surface area contributed by atoms with E-state index in [0.29, 0.717) is 0 Å².